The van der Waals surface area contributed by atoms with E-state index >= 15 is 0 Å². The van der Waals surface area contributed by atoms with E-state index in [1.165, 1.54) is 24.5 Å². The highest BCUT2D eigenvalue weighted by Gasteiger charge is 2.24. The highest BCUT2D eigenvalue weighted by Crippen LogP contribution is 2.27. The van der Waals surface area contributed by atoms with E-state index in [4.69, 9.17) is 4.74 Å². The van der Waals surface area contributed by atoms with Crippen LogP contribution in [-0.4, -0.2) is 49.6 Å². The van der Waals surface area contributed by atoms with Gasteiger partial charge in [-0.25, -0.2) is 0 Å². The maximum atomic E-state index is 11.2. The van der Waals surface area contributed by atoms with Crippen molar-refractivity contribution in [3.8, 4) is 5.75 Å². The van der Waals surface area contributed by atoms with Gasteiger partial charge in [-0.1, -0.05) is 30.3 Å². The summed E-state index contributed by atoms with van der Waals surface area (Å²) in [6.45, 7) is 3.12. The van der Waals surface area contributed by atoms with Crippen LogP contribution in [0.2, 0.25) is 0 Å². The smallest absolute Gasteiger partial charge is 0.274 e. The van der Waals surface area contributed by atoms with Gasteiger partial charge >= 0.3 is 0 Å². The summed E-state index contributed by atoms with van der Waals surface area (Å²) < 4.78 is 5.40. The van der Waals surface area contributed by atoms with Gasteiger partial charge in [0.05, 0.1) is 18.1 Å². The van der Waals surface area contributed by atoms with Gasteiger partial charge in [-0.3, -0.25) is 20.0 Å². The Hall–Kier alpha value is -2.40. The van der Waals surface area contributed by atoms with Crippen molar-refractivity contribution >= 4 is 35.6 Å². The molecule has 1 saturated heterocycles. The van der Waals surface area contributed by atoms with Gasteiger partial charge in [-0.15, -0.1) is 24.0 Å². The minimum absolute atomic E-state index is 0. The van der Waals surface area contributed by atoms with Crippen molar-refractivity contribution in [1.29, 1.82) is 0 Å². The van der Waals surface area contributed by atoms with Gasteiger partial charge in [0, 0.05) is 31.8 Å². The van der Waals surface area contributed by atoms with Crippen LogP contribution in [0.5, 0.6) is 5.75 Å². The summed E-state index contributed by atoms with van der Waals surface area (Å²) in [5.74, 6) is 1.45. The summed E-state index contributed by atoms with van der Waals surface area (Å²) in [5, 5.41) is 17.8. The summed E-state index contributed by atoms with van der Waals surface area (Å²) >= 11 is 0. The Bertz CT molecular complexity index is 887. The Morgan fingerprint density at radius 2 is 1.94 bits per heavy atom. The molecule has 3 rings (SSSR count). The molecule has 2 aromatic carbocycles. The van der Waals surface area contributed by atoms with Gasteiger partial charge in [0.1, 0.15) is 5.75 Å². The second-order valence-corrected chi connectivity index (χ2v) is 7.23. The molecule has 1 aliphatic rings. The number of nitro groups is 1. The Morgan fingerprint density at radius 3 is 2.61 bits per heavy atom. The summed E-state index contributed by atoms with van der Waals surface area (Å²) in [4.78, 5) is 17.6. The first kappa shape index (κ1) is 24.9. The molecule has 31 heavy (non-hydrogen) atoms. The molecular formula is C22H30IN5O3. The minimum atomic E-state index is -0.362. The van der Waals surface area contributed by atoms with Crippen molar-refractivity contribution < 1.29 is 9.66 Å². The number of halogens is 1. The predicted octanol–water partition coefficient (Wildman–Crippen LogP) is 3.72. The number of guanidine groups is 1. The third-order valence-corrected chi connectivity index (χ3v) is 5.38. The van der Waals surface area contributed by atoms with E-state index in [-0.39, 0.29) is 40.6 Å². The number of hydrogen-bond acceptors (Lipinski definition) is 5. The van der Waals surface area contributed by atoms with Gasteiger partial charge < -0.3 is 15.4 Å². The van der Waals surface area contributed by atoms with Crippen molar-refractivity contribution in [2.45, 2.75) is 25.4 Å². The molecule has 168 valence electrons. The molecule has 1 fully saturated rings. The van der Waals surface area contributed by atoms with Crippen LogP contribution in [-0.2, 0) is 6.54 Å². The number of ether oxygens (including phenoxy) is 1. The first-order valence-corrected chi connectivity index (χ1v) is 10.2. The van der Waals surface area contributed by atoms with Crippen LogP contribution in [0.3, 0.4) is 0 Å². The van der Waals surface area contributed by atoms with Crippen LogP contribution >= 0.6 is 24.0 Å². The Balaban J connectivity index is 0.00000341. The number of benzene rings is 2. The van der Waals surface area contributed by atoms with Gasteiger partial charge in [-0.05, 0) is 43.6 Å². The van der Waals surface area contributed by atoms with Crippen molar-refractivity contribution in [3.05, 3.63) is 69.8 Å². The summed E-state index contributed by atoms with van der Waals surface area (Å²) in [6.07, 6.45) is 2.40. The fraction of sp³-hybridized carbons (Fsp3) is 0.409. The number of methoxy groups -OCH3 is 1. The lowest BCUT2D eigenvalue weighted by Gasteiger charge is -2.29. The van der Waals surface area contributed by atoms with E-state index in [9.17, 15) is 10.1 Å². The number of rotatable bonds is 8. The molecule has 0 spiro atoms. The zero-order valence-corrected chi connectivity index (χ0v) is 20.2. The third kappa shape index (κ3) is 6.79. The lowest BCUT2D eigenvalue weighted by Crippen LogP contribution is -2.42. The van der Waals surface area contributed by atoms with Gasteiger partial charge in [0.15, 0.2) is 5.96 Å². The topological polar surface area (TPSA) is 92.0 Å². The minimum Gasteiger partial charge on any atom is -0.497 e. The van der Waals surface area contributed by atoms with Crippen LogP contribution in [0.25, 0.3) is 0 Å². The van der Waals surface area contributed by atoms with E-state index in [1.807, 2.05) is 12.1 Å². The largest absolute Gasteiger partial charge is 0.497 e. The molecule has 1 atom stereocenters. The van der Waals surface area contributed by atoms with Gasteiger partial charge in [-0.2, -0.15) is 0 Å². The first-order valence-electron chi connectivity index (χ1n) is 10.2. The lowest BCUT2D eigenvalue weighted by atomic mass is 10.1. The van der Waals surface area contributed by atoms with E-state index in [1.54, 1.807) is 32.4 Å². The van der Waals surface area contributed by atoms with Crippen LogP contribution in [0.15, 0.2) is 53.5 Å². The van der Waals surface area contributed by atoms with E-state index < -0.39 is 0 Å². The number of nitro benzene ring substituents is 1. The molecule has 0 bridgehead atoms. The van der Waals surface area contributed by atoms with E-state index in [0.29, 0.717) is 24.6 Å². The molecular weight excluding hydrogens is 509 g/mol. The SMILES string of the molecule is CN=C(NCc1ccccc1[N+](=O)[O-])NCC(c1cccc(OC)c1)N1CCCC1.I. The number of hydrogen-bond donors (Lipinski definition) is 2. The zero-order chi connectivity index (χ0) is 21.3. The predicted molar refractivity (Wildman–Crippen MR) is 133 cm³/mol. The van der Waals surface area contributed by atoms with E-state index in [2.05, 4.69) is 32.7 Å². The van der Waals surface area contributed by atoms with Gasteiger partial charge in [0.2, 0.25) is 0 Å². The molecule has 8 nitrogen and oxygen atoms in total. The van der Waals surface area contributed by atoms with Crippen LogP contribution in [0.4, 0.5) is 5.69 Å². The molecule has 2 N–H and O–H groups in total. The second-order valence-electron chi connectivity index (χ2n) is 7.23. The average molecular weight is 539 g/mol. The molecule has 1 unspecified atom stereocenters. The number of likely N-dealkylation sites (tertiary alicyclic amines) is 1. The Morgan fingerprint density at radius 1 is 1.19 bits per heavy atom. The Kier molecular flexibility index (Phi) is 9.99. The average Bonchev–Trinajstić information content (AvgIpc) is 3.31. The van der Waals surface area contributed by atoms with Crippen molar-refractivity contribution in [1.82, 2.24) is 15.5 Å². The summed E-state index contributed by atoms with van der Waals surface area (Å²) in [7, 11) is 3.38. The molecule has 0 aromatic heterocycles. The van der Waals surface area contributed by atoms with Crippen molar-refractivity contribution in [2.75, 3.05) is 33.8 Å². The maximum absolute atomic E-state index is 11.2. The third-order valence-electron chi connectivity index (χ3n) is 5.38. The standard InChI is InChI=1S/C22H29N5O3.HI/c1-23-22(24-15-18-8-3-4-11-20(18)27(28)29)25-16-21(26-12-5-6-13-26)17-9-7-10-19(14-17)30-2;/h3-4,7-11,14,21H,5-6,12-13,15-16H2,1-2H3,(H2,23,24,25);1H. The van der Waals surface area contributed by atoms with Crippen LogP contribution in [0, 0.1) is 10.1 Å². The number of para-hydroxylation sites is 1. The van der Waals surface area contributed by atoms with Crippen molar-refractivity contribution in [3.63, 3.8) is 0 Å². The summed E-state index contributed by atoms with van der Waals surface area (Å²) in [6, 6.07) is 15.1. The first-order chi connectivity index (χ1) is 14.6. The van der Waals surface area contributed by atoms with Crippen LogP contribution in [0.1, 0.15) is 30.0 Å². The second kappa shape index (κ2) is 12.5. The highest BCUT2D eigenvalue weighted by atomic mass is 127. The number of nitrogens with one attached hydrogen (secondary N) is 2. The fourth-order valence-corrected chi connectivity index (χ4v) is 3.79. The molecule has 0 aliphatic carbocycles. The molecule has 9 heteroatoms. The molecule has 0 amide bonds. The highest BCUT2D eigenvalue weighted by molar-refractivity contribution is 14.0. The van der Waals surface area contributed by atoms with Gasteiger partial charge in [0.25, 0.3) is 5.69 Å². The lowest BCUT2D eigenvalue weighted by molar-refractivity contribution is -0.385. The molecule has 2 aromatic rings. The maximum Gasteiger partial charge on any atom is 0.274 e. The normalized spacial score (nSPS) is 15.1. The fourth-order valence-electron chi connectivity index (χ4n) is 3.79. The Labute approximate surface area is 200 Å². The molecule has 0 radical (unpaired) electrons. The zero-order valence-electron chi connectivity index (χ0n) is 17.9. The monoisotopic (exact) mass is 539 g/mol. The molecule has 1 heterocycles. The number of nitrogens with zero attached hydrogens (tertiary/aromatic N) is 3. The molecule has 0 saturated carbocycles. The number of aliphatic imine (C=N–C) groups is 1. The summed E-state index contributed by atoms with van der Waals surface area (Å²) in [5.41, 5.74) is 1.92. The van der Waals surface area contributed by atoms with E-state index in [0.717, 1.165) is 18.8 Å². The molecule has 1 aliphatic heterocycles. The van der Waals surface area contributed by atoms with Crippen molar-refractivity contribution in [2.24, 2.45) is 4.99 Å². The van der Waals surface area contributed by atoms with Crippen LogP contribution < -0.4 is 15.4 Å². The quantitative estimate of drug-likeness (QED) is 0.175.